The smallest absolute Gasteiger partial charge is 0.254 e. The van der Waals surface area contributed by atoms with Gasteiger partial charge in [-0.15, -0.1) is 11.3 Å². The molecule has 0 radical (unpaired) electrons. The second kappa shape index (κ2) is 5.31. The number of piperazine rings is 2. The van der Waals surface area contributed by atoms with Crippen molar-refractivity contribution in [3.8, 4) is 0 Å². The predicted molar refractivity (Wildman–Crippen MR) is 84.0 cm³/mol. The van der Waals surface area contributed by atoms with Gasteiger partial charge in [-0.25, -0.2) is 4.98 Å². The molecule has 0 aliphatic carbocycles. The maximum Gasteiger partial charge on any atom is 0.254 e. The molecule has 23 heavy (non-hydrogen) atoms. The zero-order chi connectivity index (χ0) is 16.0. The Labute approximate surface area is 135 Å². The molecule has 1 aromatic heterocycles. The summed E-state index contributed by atoms with van der Waals surface area (Å²) < 4.78 is 1.03. The maximum atomic E-state index is 12.7. The van der Waals surface area contributed by atoms with Gasteiger partial charge in [0.15, 0.2) is 0 Å². The van der Waals surface area contributed by atoms with Gasteiger partial charge in [-0.1, -0.05) is 0 Å². The molecule has 0 spiro atoms. The Hall–Kier alpha value is -2.48. The molecule has 2 fully saturated rings. The van der Waals surface area contributed by atoms with Crippen LogP contribution in [0.1, 0.15) is 10.4 Å². The monoisotopic (exact) mass is 330 g/mol. The van der Waals surface area contributed by atoms with Crippen molar-refractivity contribution in [2.75, 3.05) is 26.2 Å². The third-order valence-electron chi connectivity index (χ3n) is 4.28. The topological polar surface area (TPSA) is 82.6 Å². The van der Waals surface area contributed by atoms with E-state index in [9.17, 15) is 14.4 Å². The van der Waals surface area contributed by atoms with Crippen LogP contribution in [-0.4, -0.2) is 64.7 Å². The summed E-state index contributed by atoms with van der Waals surface area (Å²) >= 11 is 1.53. The molecular formula is C15H14N4O3S. The summed E-state index contributed by atoms with van der Waals surface area (Å²) in [5.41, 5.74) is 3.10. The highest BCUT2D eigenvalue weighted by Crippen LogP contribution is 2.21. The minimum Gasteiger partial charge on any atom is -0.345 e. The van der Waals surface area contributed by atoms with Crippen molar-refractivity contribution in [3.63, 3.8) is 0 Å². The fourth-order valence-electron chi connectivity index (χ4n) is 3.05. The molecule has 1 atom stereocenters. The van der Waals surface area contributed by atoms with Crippen molar-refractivity contribution >= 4 is 39.3 Å². The van der Waals surface area contributed by atoms with Crippen molar-refractivity contribution < 1.29 is 14.4 Å². The number of hydrogen-bond acceptors (Lipinski definition) is 5. The normalized spacial score (nSPS) is 21.3. The molecule has 0 unspecified atom stereocenters. The molecule has 8 heteroatoms. The SMILES string of the molecule is O=C1NCC(=O)N2CCN(C(=O)c3ccc4scnc4c3)C[C@@H]12. The summed E-state index contributed by atoms with van der Waals surface area (Å²) in [7, 11) is 0. The lowest BCUT2D eigenvalue weighted by molar-refractivity contribution is -0.148. The second-order valence-electron chi connectivity index (χ2n) is 5.61. The molecule has 1 aromatic carbocycles. The molecule has 0 saturated carbocycles. The Morgan fingerprint density at radius 3 is 3.04 bits per heavy atom. The molecule has 1 N–H and O–H groups in total. The summed E-state index contributed by atoms with van der Waals surface area (Å²) in [6.07, 6.45) is 0. The van der Waals surface area contributed by atoms with Crippen molar-refractivity contribution in [2.45, 2.75) is 6.04 Å². The summed E-state index contributed by atoms with van der Waals surface area (Å²) in [5, 5.41) is 2.57. The number of nitrogens with zero attached hydrogens (tertiary/aromatic N) is 3. The van der Waals surface area contributed by atoms with Crippen LogP contribution in [0.25, 0.3) is 10.2 Å². The highest BCUT2D eigenvalue weighted by atomic mass is 32.1. The van der Waals surface area contributed by atoms with E-state index in [0.717, 1.165) is 10.2 Å². The second-order valence-corrected chi connectivity index (χ2v) is 6.49. The van der Waals surface area contributed by atoms with Crippen molar-refractivity contribution in [1.82, 2.24) is 20.1 Å². The average molecular weight is 330 g/mol. The van der Waals surface area contributed by atoms with Crippen molar-refractivity contribution in [1.29, 1.82) is 0 Å². The molecule has 3 heterocycles. The lowest BCUT2D eigenvalue weighted by Crippen LogP contribution is -2.66. The van der Waals surface area contributed by atoms with Crippen LogP contribution in [0.5, 0.6) is 0 Å². The van der Waals surface area contributed by atoms with Crippen LogP contribution in [-0.2, 0) is 9.59 Å². The Balaban J connectivity index is 1.57. The molecule has 7 nitrogen and oxygen atoms in total. The molecule has 3 amide bonds. The van der Waals surface area contributed by atoms with E-state index in [1.165, 1.54) is 11.3 Å². The first-order chi connectivity index (χ1) is 11.1. The standard InChI is InChI=1S/C15H14N4O3S/c20-13-6-16-14(21)11-7-18(3-4-19(11)13)15(22)9-1-2-12-10(5-9)17-8-23-12/h1-2,5,8,11H,3-4,6-7H2,(H,16,21)/t11-/m0/s1. The predicted octanol–water partition coefficient (Wildman–Crippen LogP) is 0.0791. The van der Waals surface area contributed by atoms with Gasteiger partial charge in [-0.3, -0.25) is 14.4 Å². The number of fused-ring (bicyclic) bond motifs is 2. The number of hydrogen-bond donors (Lipinski definition) is 1. The van der Waals surface area contributed by atoms with E-state index < -0.39 is 6.04 Å². The van der Waals surface area contributed by atoms with Crippen LogP contribution >= 0.6 is 11.3 Å². The number of aromatic nitrogens is 1. The summed E-state index contributed by atoms with van der Waals surface area (Å²) in [6, 6.07) is 4.85. The zero-order valence-electron chi connectivity index (χ0n) is 12.2. The van der Waals surface area contributed by atoms with Crippen molar-refractivity contribution in [2.24, 2.45) is 0 Å². The van der Waals surface area contributed by atoms with Gasteiger partial charge in [0.2, 0.25) is 11.8 Å². The molecule has 2 aromatic rings. The Morgan fingerprint density at radius 1 is 1.30 bits per heavy atom. The lowest BCUT2D eigenvalue weighted by Gasteiger charge is -2.42. The first-order valence-corrected chi connectivity index (χ1v) is 8.21. The third kappa shape index (κ3) is 2.35. The largest absolute Gasteiger partial charge is 0.345 e. The van der Waals surface area contributed by atoms with Crippen LogP contribution in [0.4, 0.5) is 0 Å². The summed E-state index contributed by atoms with van der Waals surface area (Å²) in [6.45, 7) is 1.10. The van der Waals surface area contributed by atoms with Gasteiger partial charge in [0.05, 0.1) is 28.8 Å². The number of carbonyl (C=O) groups is 3. The van der Waals surface area contributed by atoms with Crippen LogP contribution in [0, 0.1) is 0 Å². The third-order valence-corrected chi connectivity index (χ3v) is 5.09. The number of benzene rings is 1. The van der Waals surface area contributed by atoms with Gasteiger partial charge in [0.1, 0.15) is 6.04 Å². The Kier molecular flexibility index (Phi) is 3.26. The van der Waals surface area contributed by atoms with Crippen molar-refractivity contribution in [3.05, 3.63) is 29.3 Å². The van der Waals surface area contributed by atoms with Gasteiger partial charge in [-0.05, 0) is 18.2 Å². The number of carbonyl (C=O) groups excluding carboxylic acids is 3. The van der Waals surface area contributed by atoms with Gasteiger partial charge in [0, 0.05) is 18.7 Å². The average Bonchev–Trinajstić information content (AvgIpc) is 3.05. The Bertz CT molecular complexity index is 818. The van der Waals surface area contributed by atoms with Crippen LogP contribution in [0.2, 0.25) is 0 Å². The highest BCUT2D eigenvalue weighted by molar-refractivity contribution is 7.16. The van der Waals surface area contributed by atoms with E-state index in [0.29, 0.717) is 18.7 Å². The zero-order valence-corrected chi connectivity index (χ0v) is 13.0. The first kappa shape index (κ1) is 14.1. The molecule has 118 valence electrons. The van der Waals surface area contributed by atoms with E-state index in [1.54, 1.807) is 27.4 Å². The molecule has 4 rings (SSSR count). The van der Waals surface area contributed by atoms with E-state index in [1.807, 2.05) is 6.07 Å². The molecular weight excluding hydrogens is 316 g/mol. The highest BCUT2D eigenvalue weighted by Gasteiger charge is 2.39. The quantitative estimate of drug-likeness (QED) is 0.803. The molecule has 2 aliphatic rings. The lowest BCUT2D eigenvalue weighted by atomic mass is 10.1. The number of thiazole rings is 1. The van der Waals surface area contributed by atoms with Crippen LogP contribution in [0.3, 0.4) is 0 Å². The van der Waals surface area contributed by atoms with Gasteiger partial charge in [0.25, 0.3) is 5.91 Å². The summed E-state index contributed by atoms with van der Waals surface area (Å²) in [5.74, 6) is -0.423. The van der Waals surface area contributed by atoms with Gasteiger partial charge >= 0.3 is 0 Å². The van der Waals surface area contributed by atoms with E-state index in [-0.39, 0.29) is 30.8 Å². The maximum absolute atomic E-state index is 12.7. The Morgan fingerprint density at radius 2 is 2.17 bits per heavy atom. The fourth-order valence-corrected chi connectivity index (χ4v) is 3.70. The minimum atomic E-state index is -0.586. The number of rotatable bonds is 1. The first-order valence-electron chi connectivity index (χ1n) is 7.33. The molecule has 2 aliphatic heterocycles. The fraction of sp³-hybridized carbons (Fsp3) is 0.333. The van der Waals surface area contributed by atoms with E-state index in [2.05, 4.69) is 10.3 Å². The van der Waals surface area contributed by atoms with Crippen LogP contribution < -0.4 is 5.32 Å². The van der Waals surface area contributed by atoms with Gasteiger partial charge < -0.3 is 15.1 Å². The van der Waals surface area contributed by atoms with Gasteiger partial charge in [-0.2, -0.15) is 0 Å². The minimum absolute atomic E-state index is 0.0454. The van der Waals surface area contributed by atoms with Crippen LogP contribution in [0.15, 0.2) is 23.7 Å². The van der Waals surface area contributed by atoms with E-state index in [4.69, 9.17) is 0 Å². The molecule has 0 bridgehead atoms. The number of nitrogens with one attached hydrogen (secondary N) is 1. The van der Waals surface area contributed by atoms with E-state index >= 15 is 0 Å². The summed E-state index contributed by atoms with van der Waals surface area (Å²) in [4.78, 5) is 43.9. The number of amides is 3. The molecule has 2 saturated heterocycles.